The molecule has 4 aromatic rings. The van der Waals surface area contributed by atoms with E-state index in [-0.39, 0.29) is 10.5 Å². The zero-order valence-electron chi connectivity index (χ0n) is 18.5. The maximum Gasteiger partial charge on any atom is 0.277 e. The van der Waals surface area contributed by atoms with E-state index in [9.17, 15) is 18.0 Å². The lowest BCUT2D eigenvalue weighted by atomic mass is 9.95. The molecule has 0 aliphatic carbocycles. The van der Waals surface area contributed by atoms with Crippen molar-refractivity contribution in [1.82, 2.24) is 14.5 Å². The van der Waals surface area contributed by atoms with Crippen LogP contribution in [0.25, 0.3) is 22.4 Å². The van der Waals surface area contributed by atoms with E-state index in [4.69, 9.17) is 0 Å². The number of rotatable bonds is 6. The monoisotopic (exact) mass is 474 g/mol. The van der Waals surface area contributed by atoms with Gasteiger partial charge in [-0.05, 0) is 29.8 Å². The van der Waals surface area contributed by atoms with Gasteiger partial charge in [0.05, 0.1) is 10.6 Å². The highest BCUT2D eigenvalue weighted by Crippen LogP contribution is 2.32. The Hall–Kier alpha value is -4.08. The molecule has 34 heavy (non-hydrogen) atoms. The van der Waals surface area contributed by atoms with Gasteiger partial charge < -0.3 is 5.32 Å². The van der Waals surface area contributed by atoms with Gasteiger partial charge >= 0.3 is 0 Å². The molecule has 1 heterocycles. The molecule has 1 aromatic heterocycles. The van der Waals surface area contributed by atoms with E-state index in [2.05, 4.69) is 15.5 Å². The van der Waals surface area contributed by atoms with Gasteiger partial charge in [-0.2, -0.15) is 5.10 Å². The van der Waals surface area contributed by atoms with Crippen molar-refractivity contribution in [3.8, 4) is 22.4 Å². The highest BCUT2D eigenvalue weighted by atomic mass is 32.2. The third-order valence-corrected chi connectivity index (χ3v) is 7.04. The molecule has 0 saturated heterocycles. The van der Waals surface area contributed by atoms with Crippen LogP contribution in [0.15, 0.2) is 94.6 Å². The lowest BCUT2D eigenvalue weighted by Gasteiger charge is -2.14. The maximum atomic E-state index is 13.3. The first kappa shape index (κ1) is 23.1. The van der Waals surface area contributed by atoms with Gasteiger partial charge in [0.15, 0.2) is 0 Å². The summed E-state index contributed by atoms with van der Waals surface area (Å²) in [6.07, 6.45) is 0. The van der Waals surface area contributed by atoms with Crippen LogP contribution < -0.4 is 10.9 Å². The second-order valence-corrected chi connectivity index (χ2v) is 9.80. The number of aromatic amines is 1. The number of carbonyl (C=O) groups excluding carboxylic acids is 1. The van der Waals surface area contributed by atoms with Gasteiger partial charge in [-0.3, -0.25) is 9.59 Å². The highest BCUT2D eigenvalue weighted by Gasteiger charge is 2.23. The van der Waals surface area contributed by atoms with Crippen molar-refractivity contribution in [2.75, 3.05) is 19.4 Å². The Labute approximate surface area is 196 Å². The second kappa shape index (κ2) is 9.42. The molecule has 2 N–H and O–H groups in total. The minimum atomic E-state index is -3.60. The first-order valence-corrected chi connectivity index (χ1v) is 11.8. The van der Waals surface area contributed by atoms with Crippen molar-refractivity contribution >= 4 is 21.6 Å². The standard InChI is InChI=1S/C25H22N4O4S/c1-29(2)34(32,33)20-15-13-19(14-16-20)26-24(30)22-21(17-9-5-3-6-10-17)23(27-28-25(22)31)18-11-7-4-8-12-18/h3-16H,1-2H3,(H,26,30)(H,28,31). The lowest BCUT2D eigenvalue weighted by Crippen LogP contribution is -2.26. The molecule has 9 heteroatoms. The van der Waals surface area contributed by atoms with Crippen LogP contribution in [0.2, 0.25) is 0 Å². The second-order valence-electron chi connectivity index (χ2n) is 7.65. The molecule has 4 rings (SSSR count). The molecule has 0 aliphatic heterocycles. The fourth-order valence-corrected chi connectivity index (χ4v) is 4.37. The molecule has 0 bridgehead atoms. The summed E-state index contributed by atoms with van der Waals surface area (Å²) in [5.41, 5.74) is 1.89. The molecule has 1 amide bonds. The van der Waals surface area contributed by atoms with Crippen LogP contribution in [-0.4, -0.2) is 42.9 Å². The number of hydrogen-bond acceptors (Lipinski definition) is 5. The Kier molecular flexibility index (Phi) is 6.40. The van der Waals surface area contributed by atoms with Crippen molar-refractivity contribution in [1.29, 1.82) is 0 Å². The van der Waals surface area contributed by atoms with Crippen molar-refractivity contribution in [2.24, 2.45) is 0 Å². The molecule has 0 saturated carbocycles. The van der Waals surface area contributed by atoms with Gasteiger partial charge in [0, 0.05) is 30.9 Å². The maximum absolute atomic E-state index is 13.3. The number of sulfonamides is 1. The normalized spacial score (nSPS) is 11.4. The first-order chi connectivity index (χ1) is 16.3. The summed E-state index contributed by atoms with van der Waals surface area (Å²) in [7, 11) is -0.721. The smallest absolute Gasteiger partial charge is 0.277 e. The number of amides is 1. The largest absolute Gasteiger partial charge is 0.322 e. The zero-order chi connectivity index (χ0) is 24.3. The predicted octanol–water partition coefficient (Wildman–Crippen LogP) is 3.61. The highest BCUT2D eigenvalue weighted by molar-refractivity contribution is 7.89. The number of nitrogens with one attached hydrogen (secondary N) is 2. The summed E-state index contributed by atoms with van der Waals surface area (Å²) in [5.74, 6) is -0.636. The van der Waals surface area contributed by atoms with E-state index in [0.717, 1.165) is 9.87 Å². The Balaban J connectivity index is 1.79. The zero-order valence-corrected chi connectivity index (χ0v) is 19.3. The van der Waals surface area contributed by atoms with E-state index >= 15 is 0 Å². The Morgan fingerprint density at radius 2 is 1.41 bits per heavy atom. The molecule has 0 radical (unpaired) electrons. The van der Waals surface area contributed by atoms with Gasteiger partial charge in [0.1, 0.15) is 5.56 Å². The number of anilines is 1. The molecular formula is C25H22N4O4S. The number of hydrogen-bond donors (Lipinski definition) is 2. The topological polar surface area (TPSA) is 112 Å². The Morgan fingerprint density at radius 1 is 0.853 bits per heavy atom. The fraction of sp³-hybridized carbons (Fsp3) is 0.0800. The molecule has 0 fully saturated rings. The summed E-state index contributed by atoms with van der Waals surface area (Å²) in [6.45, 7) is 0. The SMILES string of the molecule is CN(C)S(=O)(=O)c1ccc(NC(=O)c2c(-c3ccccc3)c(-c3ccccc3)n[nH]c2=O)cc1. The molecule has 0 unspecified atom stereocenters. The summed E-state index contributed by atoms with van der Waals surface area (Å²) in [4.78, 5) is 26.2. The Bertz CT molecular complexity index is 1480. The fourth-order valence-electron chi connectivity index (χ4n) is 3.47. The number of aromatic nitrogens is 2. The molecule has 0 atom stereocenters. The molecule has 0 aliphatic rings. The molecular weight excluding hydrogens is 452 g/mol. The van der Waals surface area contributed by atoms with Crippen molar-refractivity contribution in [3.05, 3.63) is 101 Å². The van der Waals surface area contributed by atoms with Gasteiger partial charge in [0.2, 0.25) is 10.0 Å². The molecule has 172 valence electrons. The van der Waals surface area contributed by atoms with Crippen LogP contribution in [0, 0.1) is 0 Å². The average Bonchev–Trinajstić information content (AvgIpc) is 2.85. The van der Waals surface area contributed by atoms with E-state index in [1.165, 1.54) is 38.4 Å². The van der Waals surface area contributed by atoms with E-state index in [0.29, 0.717) is 22.5 Å². The van der Waals surface area contributed by atoms with E-state index < -0.39 is 21.5 Å². The summed E-state index contributed by atoms with van der Waals surface area (Å²) >= 11 is 0. The number of nitrogens with zero attached hydrogens (tertiary/aromatic N) is 2. The van der Waals surface area contributed by atoms with Crippen LogP contribution in [0.4, 0.5) is 5.69 Å². The third-order valence-electron chi connectivity index (χ3n) is 5.21. The van der Waals surface area contributed by atoms with Crippen molar-refractivity contribution in [3.63, 3.8) is 0 Å². The summed E-state index contributed by atoms with van der Waals surface area (Å²) < 4.78 is 25.7. The average molecular weight is 475 g/mol. The number of H-pyrrole nitrogens is 1. The minimum Gasteiger partial charge on any atom is -0.322 e. The summed E-state index contributed by atoms with van der Waals surface area (Å²) in [6, 6.07) is 24.1. The van der Waals surface area contributed by atoms with Crippen LogP contribution >= 0.6 is 0 Å². The van der Waals surface area contributed by atoms with Crippen LogP contribution in [0.3, 0.4) is 0 Å². The molecule has 8 nitrogen and oxygen atoms in total. The first-order valence-electron chi connectivity index (χ1n) is 10.4. The van der Waals surface area contributed by atoms with Crippen LogP contribution in [-0.2, 0) is 10.0 Å². The molecule has 3 aromatic carbocycles. The van der Waals surface area contributed by atoms with Gasteiger partial charge in [-0.25, -0.2) is 17.8 Å². The van der Waals surface area contributed by atoms with Crippen LogP contribution in [0.1, 0.15) is 10.4 Å². The molecule has 0 spiro atoms. The van der Waals surface area contributed by atoms with E-state index in [1.807, 2.05) is 48.5 Å². The van der Waals surface area contributed by atoms with Crippen LogP contribution in [0.5, 0.6) is 0 Å². The minimum absolute atomic E-state index is 0.0913. The van der Waals surface area contributed by atoms with Crippen molar-refractivity contribution < 1.29 is 13.2 Å². The van der Waals surface area contributed by atoms with E-state index in [1.54, 1.807) is 12.1 Å². The van der Waals surface area contributed by atoms with Gasteiger partial charge in [0.25, 0.3) is 11.5 Å². The van der Waals surface area contributed by atoms with Gasteiger partial charge in [-0.15, -0.1) is 0 Å². The van der Waals surface area contributed by atoms with Gasteiger partial charge in [-0.1, -0.05) is 60.7 Å². The predicted molar refractivity (Wildman–Crippen MR) is 131 cm³/mol. The summed E-state index contributed by atoms with van der Waals surface area (Å²) in [5, 5.41) is 9.38. The number of carbonyl (C=O) groups is 1. The number of benzene rings is 3. The Morgan fingerprint density at radius 3 is 1.97 bits per heavy atom. The third kappa shape index (κ3) is 4.52. The van der Waals surface area contributed by atoms with Crippen molar-refractivity contribution in [2.45, 2.75) is 4.90 Å². The lowest BCUT2D eigenvalue weighted by molar-refractivity contribution is 0.102. The quantitative estimate of drug-likeness (QED) is 0.443.